The maximum Gasteiger partial charge on any atom is 0.334 e. The molecule has 0 saturated heterocycles. The molecule has 0 spiro atoms. The molecule has 4 heterocycles. The number of anilines is 2. The van der Waals surface area contributed by atoms with Gasteiger partial charge >= 0.3 is 6.03 Å². The number of amides is 2. The fourth-order valence-corrected chi connectivity index (χ4v) is 4.97. The summed E-state index contributed by atoms with van der Waals surface area (Å²) in [5.74, 6) is 0.682. The van der Waals surface area contributed by atoms with E-state index >= 15 is 0 Å². The lowest BCUT2D eigenvalue weighted by Gasteiger charge is -2.08. The highest BCUT2D eigenvalue weighted by atomic mass is 35.5. The number of pyridine rings is 1. The van der Waals surface area contributed by atoms with Gasteiger partial charge in [0.25, 0.3) is 15.6 Å². The van der Waals surface area contributed by atoms with Gasteiger partial charge in [-0.15, -0.1) is 11.3 Å². The molecule has 4 rings (SSSR count). The lowest BCUT2D eigenvalue weighted by molar-refractivity contribution is 0.256. The van der Waals surface area contributed by atoms with E-state index in [9.17, 15) is 18.0 Å². The van der Waals surface area contributed by atoms with Crippen molar-refractivity contribution in [3.8, 4) is 5.82 Å². The van der Waals surface area contributed by atoms with E-state index in [2.05, 4.69) is 30.6 Å². The van der Waals surface area contributed by atoms with Gasteiger partial charge in [0.05, 0.1) is 22.1 Å². The number of nitrogens with one attached hydrogen (secondary N) is 3. The van der Waals surface area contributed by atoms with Crippen LogP contribution in [-0.2, 0) is 10.0 Å². The molecule has 4 aromatic rings. The van der Waals surface area contributed by atoms with Gasteiger partial charge in [-0.3, -0.25) is 10.1 Å². The number of carbonyl (C=O) groups excluding carboxylic acids is 1. The summed E-state index contributed by atoms with van der Waals surface area (Å²) in [6.07, 6.45) is 3.66. The van der Waals surface area contributed by atoms with Crippen LogP contribution in [0.5, 0.6) is 0 Å². The first-order valence-corrected chi connectivity index (χ1v) is 11.4. The van der Waals surface area contributed by atoms with Gasteiger partial charge in [-0.1, -0.05) is 11.6 Å². The minimum atomic E-state index is -4.08. The smallest absolute Gasteiger partial charge is 0.334 e. The van der Waals surface area contributed by atoms with E-state index in [1.807, 2.05) is 4.72 Å². The number of carbonyl (C=O) groups is 1. The van der Waals surface area contributed by atoms with Gasteiger partial charge in [0.2, 0.25) is 0 Å². The topological polar surface area (TPSA) is 161 Å². The van der Waals surface area contributed by atoms with Gasteiger partial charge in [0, 0.05) is 7.05 Å². The van der Waals surface area contributed by atoms with Gasteiger partial charge in [-0.2, -0.15) is 0 Å². The third-order valence-electron chi connectivity index (χ3n) is 4.04. The standard InChI is InChI=1S/C17H13ClN8O4S2/c1-19-11-4-2-9-15(23-11)22-8-26(16(9)27)13-7-20-12(6-21-13)24-17(28)25-32(29,30)14-5-3-10(18)31-14/h2-8H,1H3,(H,19,23)(H2,20,24,25,28). The van der Waals surface area contributed by atoms with Crippen molar-refractivity contribution in [3.05, 3.63) is 57.7 Å². The van der Waals surface area contributed by atoms with Crippen LogP contribution in [0.1, 0.15) is 0 Å². The summed E-state index contributed by atoms with van der Waals surface area (Å²) >= 11 is 6.53. The van der Waals surface area contributed by atoms with Gasteiger partial charge in [-0.05, 0) is 24.3 Å². The molecule has 0 radical (unpaired) electrons. The molecule has 3 N–H and O–H groups in total. The van der Waals surface area contributed by atoms with Gasteiger partial charge in [0.1, 0.15) is 16.4 Å². The Morgan fingerprint density at radius 2 is 1.91 bits per heavy atom. The second-order valence-corrected chi connectivity index (χ2v) is 9.74. The molecule has 12 nitrogen and oxygen atoms in total. The number of nitrogens with zero attached hydrogens (tertiary/aromatic N) is 5. The van der Waals surface area contributed by atoms with E-state index in [0.717, 1.165) is 11.3 Å². The summed E-state index contributed by atoms with van der Waals surface area (Å²) in [7, 11) is -2.38. The van der Waals surface area contributed by atoms with E-state index in [-0.39, 0.29) is 31.2 Å². The zero-order chi connectivity index (χ0) is 22.9. The SMILES string of the molecule is CNc1ccc2c(=O)n(-c3cnc(NC(=O)NS(=O)(=O)c4ccc(Cl)s4)cn3)cnc2n1. The number of halogens is 1. The van der Waals surface area contributed by atoms with Crippen molar-refractivity contribution in [3.63, 3.8) is 0 Å². The third-order valence-corrected chi connectivity index (χ3v) is 7.10. The number of thiophene rings is 1. The van der Waals surface area contributed by atoms with Crippen molar-refractivity contribution >= 4 is 61.7 Å². The minimum absolute atomic E-state index is 0.0345. The van der Waals surface area contributed by atoms with Crippen LogP contribution in [0.3, 0.4) is 0 Å². The summed E-state index contributed by atoms with van der Waals surface area (Å²) < 4.78 is 27.5. The molecule has 0 aromatic carbocycles. The van der Waals surface area contributed by atoms with Crippen LogP contribution in [0, 0.1) is 0 Å². The highest BCUT2D eigenvalue weighted by Crippen LogP contribution is 2.25. The van der Waals surface area contributed by atoms with Crippen LogP contribution in [0.2, 0.25) is 4.34 Å². The maximum absolute atomic E-state index is 12.7. The van der Waals surface area contributed by atoms with Crippen molar-refractivity contribution in [1.82, 2.24) is 29.2 Å². The molecular weight excluding hydrogens is 480 g/mol. The molecule has 0 saturated carbocycles. The van der Waals surface area contributed by atoms with E-state index in [1.54, 1.807) is 19.2 Å². The molecule has 0 atom stereocenters. The number of aromatic nitrogens is 5. The van der Waals surface area contributed by atoms with E-state index in [4.69, 9.17) is 11.6 Å². The zero-order valence-electron chi connectivity index (χ0n) is 16.1. The summed E-state index contributed by atoms with van der Waals surface area (Å²) in [6, 6.07) is 4.89. The molecule has 0 aliphatic heterocycles. The first-order valence-electron chi connectivity index (χ1n) is 8.74. The highest BCUT2D eigenvalue weighted by molar-refractivity contribution is 7.92. The molecule has 32 heavy (non-hydrogen) atoms. The fraction of sp³-hybridized carbons (Fsp3) is 0.0588. The Bertz CT molecular complexity index is 1480. The number of urea groups is 1. The van der Waals surface area contributed by atoms with Crippen LogP contribution in [0.4, 0.5) is 16.4 Å². The predicted molar refractivity (Wildman–Crippen MR) is 119 cm³/mol. The Kier molecular flexibility index (Phi) is 5.73. The van der Waals surface area contributed by atoms with Crippen molar-refractivity contribution in [2.24, 2.45) is 0 Å². The summed E-state index contributed by atoms with van der Waals surface area (Å²) in [4.78, 5) is 41.2. The lowest BCUT2D eigenvalue weighted by Crippen LogP contribution is -2.34. The van der Waals surface area contributed by atoms with Crippen LogP contribution in [-0.4, -0.2) is 46.0 Å². The Hall–Kier alpha value is -3.62. The number of sulfonamides is 1. The quantitative estimate of drug-likeness (QED) is 0.377. The molecule has 15 heteroatoms. The zero-order valence-corrected chi connectivity index (χ0v) is 18.5. The molecule has 0 fully saturated rings. The van der Waals surface area contributed by atoms with Crippen LogP contribution in [0.15, 0.2) is 52.0 Å². The number of hydrogen-bond acceptors (Lipinski definition) is 10. The fourth-order valence-electron chi connectivity index (χ4n) is 2.58. The number of rotatable bonds is 5. The number of fused-ring (bicyclic) bond motifs is 1. The average molecular weight is 493 g/mol. The normalized spacial score (nSPS) is 11.3. The largest absolute Gasteiger partial charge is 0.373 e. The predicted octanol–water partition coefficient (Wildman–Crippen LogP) is 1.84. The summed E-state index contributed by atoms with van der Waals surface area (Å²) in [5, 5.41) is 5.41. The Labute approximate surface area is 189 Å². The Morgan fingerprint density at radius 1 is 1.09 bits per heavy atom. The van der Waals surface area contributed by atoms with Gasteiger partial charge in [-0.25, -0.2) is 42.4 Å². The first kappa shape index (κ1) is 21.6. The van der Waals surface area contributed by atoms with Crippen molar-refractivity contribution in [1.29, 1.82) is 0 Å². The highest BCUT2D eigenvalue weighted by Gasteiger charge is 2.20. The molecule has 0 aliphatic carbocycles. The van der Waals surface area contributed by atoms with Crippen LogP contribution >= 0.6 is 22.9 Å². The summed E-state index contributed by atoms with van der Waals surface area (Å²) in [6.45, 7) is 0. The molecular formula is C17H13ClN8O4S2. The molecule has 4 aromatic heterocycles. The Morgan fingerprint density at radius 3 is 2.56 bits per heavy atom. The molecule has 0 aliphatic rings. The second-order valence-electron chi connectivity index (χ2n) is 6.12. The van der Waals surface area contributed by atoms with Crippen molar-refractivity contribution in [2.45, 2.75) is 4.21 Å². The minimum Gasteiger partial charge on any atom is -0.373 e. The first-order chi connectivity index (χ1) is 15.3. The second kappa shape index (κ2) is 8.49. The van der Waals surface area contributed by atoms with E-state index < -0.39 is 21.6 Å². The van der Waals surface area contributed by atoms with Gasteiger partial charge < -0.3 is 5.32 Å². The molecule has 164 valence electrons. The third kappa shape index (κ3) is 4.37. The van der Waals surface area contributed by atoms with Crippen molar-refractivity contribution in [2.75, 3.05) is 17.7 Å². The van der Waals surface area contributed by atoms with Gasteiger partial charge in [0.15, 0.2) is 17.3 Å². The number of hydrogen-bond donors (Lipinski definition) is 3. The molecule has 2 amide bonds. The average Bonchev–Trinajstić information content (AvgIpc) is 3.21. The maximum atomic E-state index is 12.7. The monoisotopic (exact) mass is 492 g/mol. The molecule has 0 unspecified atom stereocenters. The lowest BCUT2D eigenvalue weighted by atomic mass is 10.3. The van der Waals surface area contributed by atoms with E-state index in [1.165, 1.54) is 35.4 Å². The van der Waals surface area contributed by atoms with Crippen LogP contribution < -0.4 is 20.9 Å². The molecule has 0 bridgehead atoms. The van der Waals surface area contributed by atoms with Crippen molar-refractivity contribution < 1.29 is 13.2 Å². The Balaban J connectivity index is 1.51. The summed E-state index contributed by atoms with van der Waals surface area (Å²) in [5.41, 5.74) is -0.132. The van der Waals surface area contributed by atoms with Crippen LogP contribution in [0.25, 0.3) is 16.9 Å². The van der Waals surface area contributed by atoms with E-state index in [0.29, 0.717) is 5.82 Å².